The summed E-state index contributed by atoms with van der Waals surface area (Å²) in [7, 11) is 1.55. The van der Waals surface area contributed by atoms with Gasteiger partial charge in [0.15, 0.2) is 5.76 Å². The first-order valence-corrected chi connectivity index (χ1v) is 6.77. The predicted octanol–water partition coefficient (Wildman–Crippen LogP) is 2.95. The fourth-order valence-corrected chi connectivity index (χ4v) is 2.00. The monoisotopic (exact) mass is 302 g/mol. The quantitative estimate of drug-likeness (QED) is 0.890. The van der Waals surface area contributed by atoms with E-state index in [-0.39, 0.29) is 17.6 Å². The van der Waals surface area contributed by atoms with Gasteiger partial charge in [-0.1, -0.05) is 6.07 Å². The Balaban J connectivity index is 2.15. The zero-order chi connectivity index (χ0) is 16.1. The fraction of sp³-hybridized carbons (Fsp3) is 0.250. The third-order valence-electron chi connectivity index (χ3n) is 3.06. The first-order chi connectivity index (χ1) is 10.5. The molecule has 0 bridgehead atoms. The maximum absolute atomic E-state index is 12.2. The molecule has 0 spiro atoms. The highest BCUT2D eigenvalue weighted by molar-refractivity contribution is 6.03. The largest absolute Gasteiger partial charge is 0.453 e. The van der Waals surface area contributed by atoms with E-state index in [0.29, 0.717) is 23.7 Å². The highest BCUT2D eigenvalue weighted by Gasteiger charge is 2.13. The predicted molar refractivity (Wildman–Crippen MR) is 82.9 cm³/mol. The number of methoxy groups -OCH3 is 1. The van der Waals surface area contributed by atoms with Crippen LogP contribution in [0, 0.1) is 6.92 Å². The average Bonchev–Trinajstić information content (AvgIpc) is 2.92. The SMILES string of the molecule is COCc1ccc(C(=O)Nc2cccc(NC(C)=O)c2C)o1. The van der Waals surface area contributed by atoms with Crippen molar-refractivity contribution in [3.05, 3.63) is 47.4 Å². The van der Waals surface area contributed by atoms with Crippen molar-refractivity contribution in [2.75, 3.05) is 17.7 Å². The topological polar surface area (TPSA) is 80.6 Å². The third-order valence-corrected chi connectivity index (χ3v) is 3.06. The summed E-state index contributed by atoms with van der Waals surface area (Å²) in [5.74, 6) is 0.264. The Kier molecular flexibility index (Phi) is 4.95. The lowest BCUT2D eigenvalue weighted by Crippen LogP contribution is -2.13. The minimum Gasteiger partial charge on any atom is -0.453 e. The van der Waals surface area contributed by atoms with E-state index in [1.54, 1.807) is 37.4 Å². The number of ether oxygens (including phenoxy) is 1. The fourth-order valence-electron chi connectivity index (χ4n) is 2.00. The molecular weight excluding hydrogens is 284 g/mol. The number of anilines is 2. The minimum absolute atomic E-state index is 0.165. The van der Waals surface area contributed by atoms with Crippen molar-refractivity contribution in [1.82, 2.24) is 0 Å². The van der Waals surface area contributed by atoms with Gasteiger partial charge in [-0.3, -0.25) is 9.59 Å². The molecule has 116 valence electrons. The van der Waals surface area contributed by atoms with Crippen LogP contribution < -0.4 is 10.6 Å². The molecule has 6 heteroatoms. The Morgan fingerprint density at radius 3 is 2.45 bits per heavy atom. The summed E-state index contributed by atoms with van der Waals surface area (Å²) < 4.78 is 10.3. The number of nitrogens with one attached hydrogen (secondary N) is 2. The Morgan fingerprint density at radius 1 is 1.14 bits per heavy atom. The summed E-state index contributed by atoms with van der Waals surface area (Å²) in [6.07, 6.45) is 0. The van der Waals surface area contributed by atoms with Gasteiger partial charge in [-0.25, -0.2) is 0 Å². The number of amides is 2. The van der Waals surface area contributed by atoms with E-state index < -0.39 is 0 Å². The molecule has 0 atom stereocenters. The Labute approximate surface area is 128 Å². The number of carbonyl (C=O) groups is 2. The maximum Gasteiger partial charge on any atom is 0.291 e. The van der Waals surface area contributed by atoms with Crippen molar-refractivity contribution in [3.8, 4) is 0 Å². The van der Waals surface area contributed by atoms with Gasteiger partial charge in [-0.15, -0.1) is 0 Å². The van der Waals surface area contributed by atoms with Crippen LogP contribution in [-0.2, 0) is 16.1 Å². The zero-order valence-corrected chi connectivity index (χ0v) is 12.7. The van der Waals surface area contributed by atoms with Crippen molar-refractivity contribution < 1.29 is 18.7 Å². The van der Waals surface area contributed by atoms with Gasteiger partial charge >= 0.3 is 0 Å². The van der Waals surface area contributed by atoms with Gasteiger partial charge in [0.2, 0.25) is 5.91 Å². The number of carbonyl (C=O) groups excluding carboxylic acids is 2. The average molecular weight is 302 g/mol. The number of rotatable bonds is 5. The van der Waals surface area contributed by atoms with E-state index in [4.69, 9.17) is 9.15 Å². The second-order valence-electron chi connectivity index (χ2n) is 4.81. The molecule has 0 saturated carbocycles. The summed E-state index contributed by atoms with van der Waals surface area (Å²) in [5, 5.41) is 5.49. The molecule has 2 aromatic rings. The van der Waals surface area contributed by atoms with E-state index >= 15 is 0 Å². The highest BCUT2D eigenvalue weighted by atomic mass is 16.5. The molecule has 0 aliphatic rings. The third kappa shape index (κ3) is 3.73. The van der Waals surface area contributed by atoms with Crippen LogP contribution in [0.3, 0.4) is 0 Å². The van der Waals surface area contributed by atoms with Crippen molar-refractivity contribution in [2.45, 2.75) is 20.5 Å². The second kappa shape index (κ2) is 6.91. The second-order valence-corrected chi connectivity index (χ2v) is 4.81. The molecule has 2 amide bonds. The number of hydrogen-bond donors (Lipinski definition) is 2. The zero-order valence-electron chi connectivity index (χ0n) is 12.7. The van der Waals surface area contributed by atoms with Gasteiger partial charge in [0, 0.05) is 25.4 Å². The molecule has 2 N–H and O–H groups in total. The van der Waals surface area contributed by atoms with E-state index in [9.17, 15) is 9.59 Å². The van der Waals surface area contributed by atoms with Crippen LogP contribution in [0.15, 0.2) is 34.7 Å². The molecule has 0 aliphatic heterocycles. The number of hydrogen-bond acceptors (Lipinski definition) is 4. The van der Waals surface area contributed by atoms with Gasteiger partial charge in [0.1, 0.15) is 12.4 Å². The first kappa shape index (κ1) is 15.8. The number of furan rings is 1. The van der Waals surface area contributed by atoms with Crippen molar-refractivity contribution in [1.29, 1.82) is 0 Å². The molecule has 0 unspecified atom stereocenters. The number of benzene rings is 1. The Bertz CT molecular complexity index is 691. The van der Waals surface area contributed by atoms with Gasteiger partial charge in [-0.05, 0) is 36.8 Å². The van der Waals surface area contributed by atoms with Crippen LogP contribution in [0.25, 0.3) is 0 Å². The minimum atomic E-state index is -0.356. The molecule has 6 nitrogen and oxygen atoms in total. The molecule has 0 radical (unpaired) electrons. The van der Waals surface area contributed by atoms with E-state index in [2.05, 4.69) is 10.6 Å². The molecule has 22 heavy (non-hydrogen) atoms. The van der Waals surface area contributed by atoms with Crippen LogP contribution in [0.5, 0.6) is 0 Å². The van der Waals surface area contributed by atoms with Crippen LogP contribution in [-0.4, -0.2) is 18.9 Å². The molecule has 0 fully saturated rings. The normalized spacial score (nSPS) is 10.3. The van der Waals surface area contributed by atoms with Gasteiger partial charge < -0.3 is 19.8 Å². The summed E-state index contributed by atoms with van der Waals surface area (Å²) in [6, 6.07) is 8.58. The Hall–Kier alpha value is -2.60. The lowest BCUT2D eigenvalue weighted by molar-refractivity contribution is -0.114. The van der Waals surface area contributed by atoms with E-state index in [1.165, 1.54) is 6.92 Å². The molecule has 1 aromatic carbocycles. The van der Waals surface area contributed by atoms with E-state index in [1.807, 2.05) is 6.92 Å². The molecule has 0 aliphatic carbocycles. The summed E-state index contributed by atoms with van der Waals surface area (Å²) in [5.41, 5.74) is 2.04. The van der Waals surface area contributed by atoms with E-state index in [0.717, 1.165) is 5.56 Å². The van der Waals surface area contributed by atoms with Gasteiger partial charge in [0.05, 0.1) is 0 Å². The summed E-state index contributed by atoms with van der Waals surface area (Å²) in [6.45, 7) is 3.56. The van der Waals surface area contributed by atoms with Crippen LogP contribution in [0.1, 0.15) is 28.8 Å². The Morgan fingerprint density at radius 2 is 1.82 bits per heavy atom. The van der Waals surface area contributed by atoms with Crippen LogP contribution >= 0.6 is 0 Å². The first-order valence-electron chi connectivity index (χ1n) is 6.77. The smallest absolute Gasteiger partial charge is 0.291 e. The highest BCUT2D eigenvalue weighted by Crippen LogP contribution is 2.24. The lowest BCUT2D eigenvalue weighted by Gasteiger charge is -2.12. The van der Waals surface area contributed by atoms with Gasteiger partial charge in [0.25, 0.3) is 5.91 Å². The van der Waals surface area contributed by atoms with Crippen molar-refractivity contribution in [2.24, 2.45) is 0 Å². The standard InChI is InChI=1S/C16H18N2O4/c1-10-13(17-11(2)19)5-4-6-14(10)18-16(20)15-8-7-12(22-15)9-21-3/h4-8H,9H2,1-3H3,(H,17,19)(H,18,20). The van der Waals surface area contributed by atoms with Crippen LogP contribution in [0.2, 0.25) is 0 Å². The van der Waals surface area contributed by atoms with Crippen LogP contribution in [0.4, 0.5) is 11.4 Å². The summed E-state index contributed by atoms with van der Waals surface area (Å²) >= 11 is 0. The molecular formula is C16H18N2O4. The van der Waals surface area contributed by atoms with Crippen molar-refractivity contribution >= 4 is 23.2 Å². The molecule has 1 aromatic heterocycles. The maximum atomic E-state index is 12.2. The molecule has 0 saturated heterocycles. The summed E-state index contributed by atoms with van der Waals surface area (Å²) in [4.78, 5) is 23.3. The van der Waals surface area contributed by atoms with Crippen molar-refractivity contribution in [3.63, 3.8) is 0 Å². The molecule has 2 rings (SSSR count). The molecule has 1 heterocycles. The van der Waals surface area contributed by atoms with Gasteiger partial charge in [-0.2, -0.15) is 0 Å². The lowest BCUT2D eigenvalue weighted by atomic mass is 10.1.